The highest BCUT2D eigenvalue weighted by Gasteiger charge is 2.46. The Kier molecular flexibility index (Phi) is 2.88. The van der Waals surface area contributed by atoms with E-state index in [4.69, 9.17) is 0 Å². The molecule has 1 nitrogen and oxygen atoms in total. The monoisotopic (exact) mass is 195 g/mol. The van der Waals surface area contributed by atoms with Crippen molar-refractivity contribution in [2.24, 2.45) is 17.3 Å². The molecule has 2 rings (SSSR count). The van der Waals surface area contributed by atoms with E-state index < -0.39 is 0 Å². The molecule has 1 heteroatoms. The van der Waals surface area contributed by atoms with Crippen LogP contribution in [0.3, 0.4) is 0 Å². The molecule has 2 aliphatic carbocycles. The Bertz CT molecular complexity index is 181. The van der Waals surface area contributed by atoms with Crippen LogP contribution in [-0.4, -0.2) is 13.1 Å². The summed E-state index contributed by atoms with van der Waals surface area (Å²) in [5.74, 6) is 1.96. The summed E-state index contributed by atoms with van der Waals surface area (Å²) in [5.41, 5.74) is 0.794. The van der Waals surface area contributed by atoms with Crippen molar-refractivity contribution < 1.29 is 0 Å². The van der Waals surface area contributed by atoms with Crippen molar-refractivity contribution in [2.45, 2.75) is 58.4 Å². The average Bonchev–Trinajstić information content (AvgIpc) is 2.14. The van der Waals surface area contributed by atoms with Crippen molar-refractivity contribution in [1.82, 2.24) is 5.32 Å². The van der Waals surface area contributed by atoms with Gasteiger partial charge in [-0.05, 0) is 62.8 Å². The molecule has 0 aromatic rings. The van der Waals surface area contributed by atoms with E-state index in [2.05, 4.69) is 26.2 Å². The molecule has 0 aromatic carbocycles. The smallest absolute Gasteiger partial charge is 0.00644 e. The number of hydrogen-bond donors (Lipinski definition) is 1. The first-order chi connectivity index (χ1) is 6.65. The molecule has 0 aliphatic heterocycles. The van der Waals surface area contributed by atoms with E-state index in [0.29, 0.717) is 0 Å². The molecule has 82 valence electrons. The minimum Gasteiger partial charge on any atom is -0.317 e. The van der Waals surface area contributed by atoms with E-state index in [1.54, 1.807) is 0 Å². The molecule has 0 radical (unpaired) electrons. The van der Waals surface area contributed by atoms with Gasteiger partial charge in [-0.25, -0.2) is 0 Å². The maximum absolute atomic E-state index is 3.42. The van der Waals surface area contributed by atoms with E-state index in [0.717, 1.165) is 23.3 Å². The molecular formula is C13H25N. The van der Waals surface area contributed by atoms with Crippen LogP contribution in [-0.2, 0) is 0 Å². The minimum absolute atomic E-state index is 0.794. The minimum atomic E-state index is 0.794. The molecule has 0 bridgehead atoms. The lowest BCUT2D eigenvalue weighted by atomic mass is 9.53. The lowest BCUT2D eigenvalue weighted by molar-refractivity contribution is -0.0141. The van der Waals surface area contributed by atoms with Gasteiger partial charge < -0.3 is 5.32 Å². The van der Waals surface area contributed by atoms with Crippen molar-refractivity contribution in [3.05, 3.63) is 0 Å². The summed E-state index contributed by atoms with van der Waals surface area (Å²) in [5, 5.41) is 3.42. The number of nitrogens with one attached hydrogen (secondary N) is 1. The van der Waals surface area contributed by atoms with Crippen LogP contribution < -0.4 is 5.32 Å². The van der Waals surface area contributed by atoms with Crippen molar-refractivity contribution in [3.63, 3.8) is 0 Å². The van der Waals surface area contributed by atoms with Crippen molar-refractivity contribution in [1.29, 1.82) is 0 Å². The number of hydrogen-bond acceptors (Lipinski definition) is 1. The largest absolute Gasteiger partial charge is 0.317 e. The second-order valence-electron chi connectivity index (χ2n) is 5.98. The van der Waals surface area contributed by atoms with Gasteiger partial charge in [0.2, 0.25) is 0 Å². The molecule has 2 fully saturated rings. The van der Waals surface area contributed by atoms with Crippen LogP contribution >= 0.6 is 0 Å². The summed E-state index contributed by atoms with van der Waals surface area (Å²) < 4.78 is 0. The standard InChI is InChI=1S/C13H25N/c1-10(2)11-8-13(9-11)6-4-12(14-3)5-7-13/h10-12,14H,4-9H2,1-3H3. The summed E-state index contributed by atoms with van der Waals surface area (Å²) in [6.45, 7) is 4.77. The molecule has 0 heterocycles. The van der Waals surface area contributed by atoms with Crippen LogP contribution in [0.5, 0.6) is 0 Å². The lowest BCUT2D eigenvalue weighted by Gasteiger charge is -2.53. The zero-order valence-electron chi connectivity index (χ0n) is 9.97. The molecule has 14 heavy (non-hydrogen) atoms. The highest BCUT2D eigenvalue weighted by atomic mass is 14.9. The van der Waals surface area contributed by atoms with Gasteiger partial charge in [0, 0.05) is 6.04 Å². The Morgan fingerprint density at radius 3 is 2.14 bits per heavy atom. The molecule has 0 aromatic heterocycles. The molecule has 2 saturated carbocycles. The van der Waals surface area contributed by atoms with E-state index in [1.165, 1.54) is 38.5 Å². The first-order valence-corrected chi connectivity index (χ1v) is 6.32. The third-order valence-corrected chi connectivity index (χ3v) is 4.79. The van der Waals surface area contributed by atoms with Crippen LogP contribution in [0.4, 0.5) is 0 Å². The molecule has 0 saturated heterocycles. The SMILES string of the molecule is CNC1CCC2(CC1)CC(C(C)C)C2. The zero-order valence-corrected chi connectivity index (χ0v) is 9.97. The van der Waals surface area contributed by atoms with Gasteiger partial charge in [0.05, 0.1) is 0 Å². The first-order valence-electron chi connectivity index (χ1n) is 6.32. The van der Waals surface area contributed by atoms with E-state index in [9.17, 15) is 0 Å². The fourth-order valence-corrected chi connectivity index (χ4v) is 3.45. The quantitative estimate of drug-likeness (QED) is 0.713. The molecule has 0 atom stereocenters. The fraction of sp³-hybridized carbons (Fsp3) is 1.00. The fourth-order valence-electron chi connectivity index (χ4n) is 3.45. The predicted molar refractivity (Wildman–Crippen MR) is 61.3 cm³/mol. The Morgan fingerprint density at radius 2 is 1.71 bits per heavy atom. The first kappa shape index (κ1) is 10.5. The van der Waals surface area contributed by atoms with Gasteiger partial charge in [-0.2, -0.15) is 0 Å². The molecular weight excluding hydrogens is 170 g/mol. The highest BCUT2D eigenvalue weighted by Crippen LogP contribution is 2.56. The van der Waals surface area contributed by atoms with Gasteiger partial charge in [-0.1, -0.05) is 13.8 Å². The van der Waals surface area contributed by atoms with Crippen LogP contribution in [0, 0.1) is 17.3 Å². The van der Waals surface area contributed by atoms with E-state index >= 15 is 0 Å². The van der Waals surface area contributed by atoms with Gasteiger partial charge in [-0.15, -0.1) is 0 Å². The van der Waals surface area contributed by atoms with Crippen LogP contribution in [0.1, 0.15) is 52.4 Å². The van der Waals surface area contributed by atoms with Crippen molar-refractivity contribution in [2.75, 3.05) is 7.05 Å². The van der Waals surface area contributed by atoms with Gasteiger partial charge in [0.1, 0.15) is 0 Å². The maximum atomic E-state index is 3.42. The van der Waals surface area contributed by atoms with Gasteiger partial charge in [0.25, 0.3) is 0 Å². The Labute approximate surface area is 88.7 Å². The maximum Gasteiger partial charge on any atom is 0.00644 e. The molecule has 0 amide bonds. The van der Waals surface area contributed by atoms with Gasteiger partial charge in [-0.3, -0.25) is 0 Å². The van der Waals surface area contributed by atoms with Crippen LogP contribution in [0.15, 0.2) is 0 Å². The summed E-state index contributed by atoms with van der Waals surface area (Å²) in [4.78, 5) is 0. The summed E-state index contributed by atoms with van der Waals surface area (Å²) in [6.07, 6.45) is 8.87. The van der Waals surface area contributed by atoms with Gasteiger partial charge >= 0.3 is 0 Å². The third kappa shape index (κ3) is 1.84. The van der Waals surface area contributed by atoms with Crippen LogP contribution in [0.2, 0.25) is 0 Å². The van der Waals surface area contributed by atoms with Crippen LogP contribution in [0.25, 0.3) is 0 Å². The molecule has 1 spiro atoms. The second kappa shape index (κ2) is 3.84. The van der Waals surface area contributed by atoms with Crippen molar-refractivity contribution >= 4 is 0 Å². The van der Waals surface area contributed by atoms with E-state index in [1.807, 2.05) is 0 Å². The van der Waals surface area contributed by atoms with Gasteiger partial charge in [0.15, 0.2) is 0 Å². The summed E-state index contributed by atoms with van der Waals surface area (Å²) in [7, 11) is 2.11. The number of rotatable bonds is 2. The second-order valence-corrected chi connectivity index (χ2v) is 5.98. The summed E-state index contributed by atoms with van der Waals surface area (Å²) >= 11 is 0. The lowest BCUT2D eigenvalue weighted by Crippen LogP contribution is -2.45. The highest BCUT2D eigenvalue weighted by molar-refractivity contribution is 4.98. The predicted octanol–water partition coefficient (Wildman–Crippen LogP) is 3.20. The summed E-state index contributed by atoms with van der Waals surface area (Å²) in [6, 6.07) is 0.818. The zero-order chi connectivity index (χ0) is 10.2. The van der Waals surface area contributed by atoms with Crippen molar-refractivity contribution in [3.8, 4) is 0 Å². The molecule has 2 aliphatic rings. The Morgan fingerprint density at radius 1 is 1.14 bits per heavy atom. The van der Waals surface area contributed by atoms with E-state index in [-0.39, 0.29) is 0 Å². The molecule has 1 N–H and O–H groups in total. The third-order valence-electron chi connectivity index (χ3n) is 4.79. The normalized spacial score (nSPS) is 42.9. The Balaban J connectivity index is 1.80. The Hall–Kier alpha value is -0.0400. The topological polar surface area (TPSA) is 12.0 Å². The average molecular weight is 195 g/mol. The molecule has 0 unspecified atom stereocenters.